The highest BCUT2D eigenvalue weighted by molar-refractivity contribution is 5.98. The highest BCUT2D eigenvalue weighted by atomic mass is 16.2. The molecule has 3 atom stereocenters. The standard InChI is InChI=1S/C37H46N10O3/c1-22-19-30(17-18-39-22)42-36(49)32-16-15-31(23(2)40-32)26-7-3-24(4-8-26)20-33(43-35(48)28-9-5-25(21-38)6-10-28)37(50)41-29-13-11-27(12-14-29)34-44-46-47-45-34/h3-4,7-8,11-16,22,25,28,30,33,39H,5-6,9-10,17-21,38H2,1-2H3,(H,41,50)(H,42,49)(H,43,48)(H,44,45,46,47)/t22-,25?,28?,30-,33+/m1/s1. The van der Waals surface area contributed by atoms with Crippen molar-refractivity contribution in [3.8, 4) is 22.5 Å². The van der Waals surface area contributed by atoms with Gasteiger partial charge in [-0.1, -0.05) is 30.3 Å². The Labute approximate surface area is 292 Å². The molecule has 0 bridgehead atoms. The Kier molecular flexibility index (Phi) is 11.2. The molecular weight excluding hydrogens is 632 g/mol. The zero-order valence-corrected chi connectivity index (χ0v) is 28.6. The molecule has 2 aromatic carbocycles. The maximum Gasteiger partial charge on any atom is 0.270 e. The van der Waals surface area contributed by atoms with Crippen LogP contribution in [-0.4, -0.2) is 74.5 Å². The van der Waals surface area contributed by atoms with E-state index < -0.39 is 6.04 Å². The number of piperidine rings is 1. The molecule has 13 heteroatoms. The van der Waals surface area contributed by atoms with Gasteiger partial charge in [-0.25, -0.2) is 4.98 Å². The normalized spacial score (nSPS) is 21.2. The highest BCUT2D eigenvalue weighted by Crippen LogP contribution is 2.29. The smallest absolute Gasteiger partial charge is 0.270 e. The second-order valence-electron chi connectivity index (χ2n) is 13.6. The molecule has 50 heavy (non-hydrogen) atoms. The number of nitrogens with zero attached hydrogens (tertiary/aromatic N) is 4. The van der Waals surface area contributed by atoms with Gasteiger partial charge >= 0.3 is 0 Å². The van der Waals surface area contributed by atoms with Crippen LogP contribution in [0.1, 0.15) is 67.2 Å². The number of amides is 3. The third kappa shape index (κ3) is 8.77. The number of rotatable bonds is 11. The summed E-state index contributed by atoms with van der Waals surface area (Å²) in [7, 11) is 0. The number of hydrogen-bond donors (Lipinski definition) is 6. The van der Waals surface area contributed by atoms with Crippen molar-refractivity contribution in [1.29, 1.82) is 0 Å². The van der Waals surface area contributed by atoms with E-state index >= 15 is 0 Å². The number of aryl methyl sites for hydroxylation is 1. The molecule has 1 aliphatic carbocycles. The molecule has 0 spiro atoms. The monoisotopic (exact) mass is 678 g/mol. The Bertz CT molecular complexity index is 1750. The molecule has 13 nitrogen and oxygen atoms in total. The molecule has 0 unspecified atom stereocenters. The molecule has 2 aliphatic rings. The Morgan fingerprint density at radius 2 is 1.68 bits per heavy atom. The summed E-state index contributed by atoms with van der Waals surface area (Å²) in [4.78, 5) is 44.7. The van der Waals surface area contributed by atoms with Gasteiger partial charge in [-0.3, -0.25) is 14.4 Å². The van der Waals surface area contributed by atoms with Crippen LogP contribution in [0.5, 0.6) is 0 Å². The number of pyridine rings is 1. The van der Waals surface area contributed by atoms with Gasteiger partial charge in [0.2, 0.25) is 17.6 Å². The molecule has 262 valence electrons. The number of aromatic nitrogens is 5. The van der Waals surface area contributed by atoms with Crippen LogP contribution in [-0.2, 0) is 16.0 Å². The maximum absolute atomic E-state index is 13.7. The number of hydrogen-bond acceptors (Lipinski definition) is 9. The summed E-state index contributed by atoms with van der Waals surface area (Å²) in [5.41, 5.74) is 11.1. The molecule has 2 fully saturated rings. The number of aromatic amines is 1. The Morgan fingerprint density at radius 1 is 0.940 bits per heavy atom. The largest absolute Gasteiger partial charge is 0.348 e. The summed E-state index contributed by atoms with van der Waals surface area (Å²) in [6.07, 6.45) is 5.46. The van der Waals surface area contributed by atoms with Crippen molar-refractivity contribution in [2.45, 2.75) is 76.9 Å². The van der Waals surface area contributed by atoms with Gasteiger partial charge < -0.3 is 27.0 Å². The number of carbonyl (C=O) groups is 3. The lowest BCUT2D eigenvalue weighted by Gasteiger charge is -2.28. The zero-order valence-electron chi connectivity index (χ0n) is 28.6. The van der Waals surface area contributed by atoms with E-state index in [1.165, 1.54) is 0 Å². The quantitative estimate of drug-likeness (QED) is 0.138. The first-order chi connectivity index (χ1) is 24.2. The Hall–Kier alpha value is -5.01. The molecular formula is C37H46N10O3. The van der Waals surface area contributed by atoms with Crippen molar-refractivity contribution in [2.24, 2.45) is 17.6 Å². The summed E-state index contributed by atoms with van der Waals surface area (Å²) < 4.78 is 0. The fourth-order valence-electron chi connectivity index (χ4n) is 6.95. The third-order valence-corrected chi connectivity index (χ3v) is 9.92. The van der Waals surface area contributed by atoms with Crippen LogP contribution in [0.3, 0.4) is 0 Å². The van der Waals surface area contributed by atoms with Gasteiger partial charge in [0.15, 0.2) is 0 Å². The van der Waals surface area contributed by atoms with Gasteiger partial charge in [-0.15, -0.1) is 10.2 Å². The Balaban J connectivity index is 1.13. The molecule has 2 aromatic heterocycles. The highest BCUT2D eigenvalue weighted by Gasteiger charge is 2.29. The van der Waals surface area contributed by atoms with Crippen LogP contribution in [0.2, 0.25) is 0 Å². The lowest BCUT2D eigenvalue weighted by atomic mass is 9.81. The minimum absolute atomic E-state index is 0.106. The molecule has 1 aliphatic heterocycles. The van der Waals surface area contributed by atoms with Gasteiger partial charge in [0.1, 0.15) is 11.7 Å². The predicted molar refractivity (Wildman–Crippen MR) is 191 cm³/mol. The van der Waals surface area contributed by atoms with E-state index in [0.717, 1.165) is 73.0 Å². The molecule has 1 saturated carbocycles. The van der Waals surface area contributed by atoms with Gasteiger partial charge in [-0.05, 0) is 118 Å². The van der Waals surface area contributed by atoms with E-state index in [0.29, 0.717) is 42.1 Å². The lowest BCUT2D eigenvalue weighted by Crippen LogP contribution is -2.48. The lowest BCUT2D eigenvalue weighted by molar-refractivity contribution is -0.130. The fourth-order valence-corrected chi connectivity index (χ4v) is 6.95. The first-order valence-corrected chi connectivity index (χ1v) is 17.5. The van der Waals surface area contributed by atoms with E-state index in [2.05, 4.69) is 53.8 Å². The first kappa shape index (κ1) is 34.8. The third-order valence-electron chi connectivity index (χ3n) is 9.92. The second-order valence-corrected chi connectivity index (χ2v) is 13.6. The van der Waals surface area contributed by atoms with Crippen LogP contribution in [0.25, 0.3) is 22.5 Å². The number of nitrogens with one attached hydrogen (secondary N) is 5. The number of tetrazole rings is 1. The van der Waals surface area contributed by atoms with Crippen molar-refractivity contribution in [2.75, 3.05) is 18.4 Å². The van der Waals surface area contributed by atoms with Crippen LogP contribution < -0.4 is 27.0 Å². The topological polar surface area (TPSA) is 193 Å². The first-order valence-electron chi connectivity index (χ1n) is 17.5. The fraction of sp³-hybridized carbons (Fsp3) is 0.432. The van der Waals surface area contributed by atoms with Gasteiger partial charge in [-0.2, -0.15) is 5.21 Å². The number of nitrogens with two attached hydrogens (primary N) is 1. The second kappa shape index (κ2) is 16.1. The van der Waals surface area contributed by atoms with Crippen molar-refractivity contribution >= 4 is 23.4 Å². The minimum Gasteiger partial charge on any atom is -0.348 e. The number of carbonyl (C=O) groups excluding carboxylic acids is 3. The van der Waals surface area contributed by atoms with E-state index in [9.17, 15) is 14.4 Å². The van der Waals surface area contributed by atoms with Crippen LogP contribution in [0, 0.1) is 18.8 Å². The molecule has 1 saturated heterocycles. The summed E-state index contributed by atoms with van der Waals surface area (Å²) in [6, 6.07) is 18.4. The van der Waals surface area contributed by atoms with Crippen LogP contribution in [0.4, 0.5) is 5.69 Å². The average Bonchev–Trinajstić information content (AvgIpc) is 3.67. The predicted octanol–water partition coefficient (Wildman–Crippen LogP) is 3.54. The van der Waals surface area contributed by atoms with Crippen LogP contribution >= 0.6 is 0 Å². The van der Waals surface area contributed by atoms with Crippen molar-refractivity contribution < 1.29 is 14.4 Å². The minimum atomic E-state index is -0.790. The van der Waals surface area contributed by atoms with E-state index in [4.69, 9.17) is 5.73 Å². The van der Waals surface area contributed by atoms with E-state index in [-0.39, 0.29) is 29.7 Å². The number of benzene rings is 2. The van der Waals surface area contributed by atoms with Crippen molar-refractivity contribution in [1.82, 2.24) is 41.6 Å². The van der Waals surface area contributed by atoms with E-state index in [1.54, 1.807) is 30.3 Å². The van der Waals surface area contributed by atoms with Crippen molar-refractivity contribution in [3.05, 3.63) is 77.6 Å². The molecule has 6 rings (SSSR count). The summed E-state index contributed by atoms with van der Waals surface area (Å²) in [5.74, 6) is 0.186. The molecule has 3 amide bonds. The summed E-state index contributed by atoms with van der Waals surface area (Å²) in [5, 5.41) is 26.6. The number of H-pyrrole nitrogens is 1. The average molecular weight is 679 g/mol. The van der Waals surface area contributed by atoms with Gasteiger partial charge in [0.25, 0.3) is 5.91 Å². The van der Waals surface area contributed by atoms with Gasteiger partial charge in [0.05, 0.1) is 0 Å². The van der Waals surface area contributed by atoms with Crippen LogP contribution in [0.15, 0.2) is 60.7 Å². The molecule has 7 N–H and O–H groups in total. The zero-order chi connectivity index (χ0) is 35.0. The Morgan fingerprint density at radius 3 is 2.34 bits per heavy atom. The van der Waals surface area contributed by atoms with Crippen molar-refractivity contribution in [3.63, 3.8) is 0 Å². The number of anilines is 1. The summed E-state index contributed by atoms with van der Waals surface area (Å²) >= 11 is 0. The SMILES string of the molecule is Cc1nc(C(=O)N[C@@H]2CCN[C@H](C)C2)ccc1-c1ccc(C[C@H](NC(=O)C2CCC(CN)CC2)C(=O)Nc2ccc(-c3nn[nH]n3)cc2)cc1. The molecule has 4 aromatic rings. The molecule has 0 radical (unpaired) electrons. The van der Waals surface area contributed by atoms with E-state index in [1.807, 2.05) is 37.3 Å². The summed E-state index contributed by atoms with van der Waals surface area (Å²) in [6.45, 7) is 5.55. The molecule has 3 heterocycles. The van der Waals surface area contributed by atoms with Gasteiger partial charge in [0, 0.05) is 46.9 Å². The maximum atomic E-state index is 13.7.